The second-order valence-corrected chi connectivity index (χ2v) is 6.92. The molecule has 1 unspecified atom stereocenters. The molecule has 4 rings (SSSR count). The number of aromatic nitrogens is 2. The van der Waals surface area contributed by atoms with Crippen molar-refractivity contribution in [2.24, 2.45) is 0 Å². The number of aryl methyl sites for hydroxylation is 1. The van der Waals surface area contributed by atoms with E-state index in [9.17, 15) is 0 Å². The number of hydrogen-bond acceptors (Lipinski definition) is 5. The zero-order valence-corrected chi connectivity index (χ0v) is 15.9. The van der Waals surface area contributed by atoms with Gasteiger partial charge in [-0.05, 0) is 44.5 Å². The fourth-order valence-corrected chi connectivity index (χ4v) is 3.64. The van der Waals surface area contributed by atoms with E-state index in [2.05, 4.69) is 28.9 Å². The maximum Gasteiger partial charge on any atom is 0.122 e. The van der Waals surface area contributed by atoms with Gasteiger partial charge in [-0.3, -0.25) is 9.97 Å². The summed E-state index contributed by atoms with van der Waals surface area (Å²) in [5, 5.41) is 1.16. The number of anilines is 1. The predicted molar refractivity (Wildman–Crippen MR) is 107 cm³/mol. The van der Waals surface area contributed by atoms with E-state index >= 15 is 0 Å². The van der Waals surface area contributed by atoms with Crippen LogP contribution in [-0.4, -0.2) is 35.8 Å². The van der Waals surface area contributed by atoms with Gasteiger partial charge in [-0.1, -0.05) is 6.07 Å². The van der Waals surface area contributed by atoms with Gasteiger partial charge < -0.3 is 14.4 Å². The molecule has 0 radical (unpaired) electrons. The van der Waals surface area contributed by atoms with E-state index < -0.39 is 0 Å². The highest BCUT2D eigenvalue weighted by Gasteiger charge is 2.24. The molecule has 140 valence electrons. The smallest absolute Gasteiger partial charge is 0.122 e. The monoisotopic (exact) mass is 363 g/mol. The molecule has 5 nitrogen and oxygen atoms in total. The van der Waals surface area contributed by atoms with Gasteiger partial charge in [0.2, 0.25) is 0 Å². The second-order valence-electron chi connectivity index (χ2n) is 6.92. The van der Waals surface area contributed by atoms with Gasteiger partial charge in [-0.25, -0.2) is 0 Å². The fraction of sp³-hybridized carbons (Fsp3) is 0.364. The van der Waals surface area contributed by atoms with Crippen molar-refractivity contribution in [2.45, 2.75) is 33.0 Å². The van der Waals surface area contributed by atoms with Crippen LogP contribution in [0.2, 0.25) is 0 Å². The first-order chi connectivity index (χ1) is 13.2. The number of nitrogens with zero attached hydrogens (tertiary/aromatic N) is 3. The summed E-state index contributed by atoms with van der Waals surface area (Å²) < 4.78 is 11.7. The number of fused-ring (bicyclic) bond motifs is 1. The van der Waals surface area contributed by atoms with Crippen molar-refractivity contribution in [1.29, 1.82) is 0 Å². The molecule has 1 atom stereocenters. The van der Waals surface area contributed by atoms with Crippen LogP contribution in [0.3, 0.4) is 0 Å². The van der Waals surface area contributed by atoms with Gasteiger partial charge in [-0.2, -0.15) is 0 Å². The normalized spacial score (nSPS) is 16.8. The Labute approximate surface area is 160 Å². The van der Waals surface area contributed by atoms with Crippen LogP contribution < -0.4 is 9.64 Å². The first kappa shape index (κ1) is 17.7. The first-order valence-corrected chi connectivity index (χ1v) is 9.52. The molecule has 27 heavy (non-hydrogen) atoms. The summed E-state index contributed by atoms with van der Waals surface area (Å²) >= 11 is 0. The highest BCUT2D eigenvalue weighted by molar-refractivity contribution is 5.93. The number of ether oxygens (including phenoxy) is 2. The zero-order chi connectivity index (χ0) is 18.6. The lowest BCUT2D eigenvalue weighted by molar-refractivity contribution is 0.0788. The summed E-state index contributed by atoms with van der Waals surface area (Å²) in [6.45, 7) is 7.32. The van der Waals surface area contributed by atoms with Gasteiger partial charge in [0.15, 0.2) is 0 Å². The summed E-state index contributed by atoms with van der Waals surface area (Å²) in [5.41, 5.74) is 4.27. The summed E-state index contributed by atoms with van der Waals surface area (Å²) in [6, 6.07) is 12.3. The van der Waals surface area contributed by atoms with E-state index in [1.54, 1.807) is 6.20 Å². The van der Waals surface area contributed by atoms with Crippen LogP contribution >= 0.6 is 0 Å². The lowest BCUT2D eigenvalue weighted by Gasteiger charge is -2.21. The molecule has 1 aliphatic rings. The van der Waals surface area contributed by atoms with Gasteiger partial charge in [0, 0.05) is 60.5 Å². The Balaban J connectivity index is 1.57. The molecule has 0 saturated carbocycles. The minimum absolute atomic E-state index is 0.320. The minimum Gasteiger partial charge on any atom is -0.489 e. The van der Waals surface area contributed by atoms with Crippen molar-refractivity contribution in [3.63, 3.8) is 0 Å². The molecule has 1 aliphatic heterocycles. The molecule has 0 amide bonds. The Morgan fingerprint density at radius 2 is 2.15 bits per heavy atom. The average molecular weight is 363 g/mol. The van der Waals surface area contributed by atoms with Gasteiger partial charge in [0.1, 0.15) is 12.4 Å². The molecule has 1 fully saturated rings. The summed E-state index contributed by atoms with van der Waals surface area (Å²) in [4.78, 5) is 11.3. The van der Waals surface area contributed by atoms with E-state index in [1.807, 2.05) is 37.4 Å². The Bertz CT molecular complexity index is 914. The van der Waals surface area contributed by atoms with Crippen molar-refractivity contribution in [3.8, 4) is 5.75 Å². The lowest BCUT2D eigenvalue weighted by atomic mass is 10.1. The van der Waals surface area contributed by atoms with Gasteiger partial charge in [0.25, 0.3) is 0 Å². The molecule has 1 saturated heterocycles. The van der Waals surface area contributed by atoms with E-state index in [-0.39, 0.29) is 0 Å². The quantitative estimate of drug-likeness (QED) is 0.659. The Morgan fingerprint density at radius 1 is 1.22 bits per heavy atom. The third-order valence-electron chi connectivity index (χ3n) is 4.90. The molecular weight excluding hydrogens is 338 g/mol. The van der Waals surface area contributed by atoms with E-state index in [1.165, 1.54) is 5.69 Å². The zero-order valence-electron chi connectivity index (χ0n) is 15.9. The van der Waals surface area contributed by atoms with E-state index in [0.717, 1.165) is 54.0 Å². The standard InChI is InChI=1S/C22H25N3O2/c1-3-26-19-8-10-25(14-19)22-11-16(2)24-21-12-18(6-7-20(21)22)27-15-17-5-4-9-23-13-17/h4-7,9,11-13,19H,3,8,10,14-15H2,1-2H3. The highest BCUT2D eigenvalue weighted by Crippen LogP contribution is 2.32. The van der Waals surface area contributed by atoms with Gasteiger partial charge in [-0.15, -0.1) is 0 Å². The topological polar surface area (TPSA) is 47.5 Å². The average Bonchev–Trinajstić information content (AvgIpc) is 3.15. The summed E-state index contributed by atoms with van der Waals surface area (Å²) in [7, 11) is 0. The van der Waals surface area contributed by atoms with Crippen LogP contribution in [0.5, 0.6) is 5.75 Å². The number of pyridine rings is 2. The molecule has 1 aromatic carbocycles. The van der Waals surface area contributed by atoms with Gasteiger partial charge >= 0.3 is 0 Å². The number of hydrogen-bond donors (Lipinski definition) is 0. The van der Waals surface area contributed by atoms with Crippen LogP contribution in [0.1, 0.15) is 24.6 Å². The lowest BCUT2D eigenvalue weighted by Crippen LogP contribution is -2.23. The number of benzene rings is 1. The first-order valence-electron chi connectivity index (χ1n) is 9.52. The Morgan fingerprint density at radius 3 is 2.96 bits per heavy atom. The van der Waals surface area contributed by atoms with Crippen LogP contribution in [0.25, 0.3) is 10.9 Å². The predicted octanol–water partition coefficient (Wildman–Crippen LogP) is 4.13. The maximum absolute atomic E-state index is 5.94. The van der Waals surface area contributed by atoms with E-state index in [0.29, 0.717) is 12.7 Å². The van der Waals surface area contributed by atoms with Crippen LogP contribution in [0, 0.1) is 6.92 Å². The Hall–Kier alpha value is -2.66. The van der Waals surface area contributed by atoms with Crippen molar-refractivity contribution in [3.05, 3.63) is 60.0 Å². The molecule has 3 aromatic rings. The number of rotatable bonds is 6. The van der Waals surface area contributed by atoms with Crippen molar-refractivity contribution in [1.82, 2.24) is 9.97 Å². The fourth-order valence-electron chi connectivity index (χ4n) is 3.64. The van der Waals surface area contributed by atoms with E-state index in [4.69, 9.17) is 14.5 Å². The molecule has 0 aliphatic carbocycles. The molecular formula is C22H25N3O2. The molecule has 5 heteroatoms. The third-order valence-corrected chi connectivity index (χ3v) is 4.90. The molecule has 3 heterocycles. The molecule has 0 spiro atoms. The maximum atomic E-state index is 5.94. The van der Waals surface area contributed by atoms with Crippen LogP contribution in [-0.2, 0) is 11.3 Å². The van der Waals surface area contributed by atoms with Crippen molar-refractivity contribution in [2.75, 3.05) is 24.6 Å². The third kappa shape index (κ3) is 4.03. The minimum atomic E-state index is 0.320. The molecule has 0 N–H and O–H groups in total. The SMILES string of the molecule is CCOC1CCN(c2cc(C)nc3cc(OCc4cccnc4)ccc23)C1. The summed E-state index contributed by atoms with van der Waals surface area (Å²) in [6.07, 6.45) is 4.98. The Kier molecular flexibility index (Phi) is 5.21. The second kappa shape index (κ2) is 7.92. The van der Waals surface area contributed by atoms with Crippen molar-refractivity contribution >= 4 is 16.6 Å². The van der Waals surface area contributed by atoms with Crippen LogP contribution in [0.4, 0.5) is 5.69 Å². The van der Waals surface area contributed by atoms with Crippen LogP contribution in [0.15, 0.2) is 48.8 Å². The molecule has 2 aromatic heterocycles. The summed E-state index contributed by atoms with van der Waals surface area (Å²) in [5.74, 6) is 0.823. The van der Waals surface area contributed by atoms with Gasteiger partial charge in [0.05, 0.1) is 11.6 Å². The highest BCUT2D eigenvalue weighted by atomic mass is 16.5. The molecule has 0 bridgehead atoms. The van der Waals surface area contributed by atoms with Crippen molar-refractivity contribution < 1.29 is 9.47 Å². The largest absolute Gasteiger partial charge is 0.489 e.